The van der Waals surface area contributed by atoms with Gasteiger partial charge in [0.15, 0.2) is 0 Å². The molecule has 2 rings (SSSR count). The van der Waals surface area contributed by atoms with Crippen molar-refractivity contribution in [3.8, 4) is 11.1 Å². The summed E-state index contributed by atoms with van der Waals surface area (Å²) in [6, 6.07) is 10.2. The predicted octanol–water partition coefficient (Wildman–Crippen LogP) is 6.57. The molecule has 0 radical (unpaired) electrons. The molecule has 0 nitrogen and oxygen atoms in total. The van der Waals surface area contributed by atoms with Gasteiger partial charge in [0.05, 0.1) is 0 Å². The third-order valence-electron chi connectivity index (χ3n) is 3.00. The lowest BCUT2D eigenvalue weighted by Crippen LogP contribution is -2.05. The Hall–Kier alpha value is -1.56. The van der Waals surface area contributed by atoms with Crippen molar-refractivity contribution in [2.24, 2.45) is 0 Å². The highest BCUT2D eigenvalue weighted by Gasteiger charge is 2.65. The Kier molecular flexibility index (Phi) is 2.95. The van der Waals surface area contributed by atoms with Crippen molar-refractivity contribution in [2.75, 3.05) is 0 Å². The summed E-state index contributed by atoms with van der Waals surface area (Å²) in [6.45, 7) is 1.98. The summed E-state index contributed by atoms with van der Waals surface area (Å²) in [5.74, 6) is 0. The van der Waals surface area contributed by atoms with Gasteiger partial charge in [0.1, 0.15) is 4.90 Å². The molecule has 0 saturated heterocycles. The van der Waals surface area contributed by atoms with E-state index in [1.165, 1.54) is 0 Å². The van der Waals surface area contributed by atoms with Crippen LogP contribution in [0.2, 0.25) is 0 Å². The van der Waals surface area contributed by atoms with Gasteiger partial charge in [0, 0.05) is 0 Å². The van der Waals surface area contributed by atoms with Gasteiger partial charge in [-0.3, -0.25) is 0 Å². The quantitative estimate of drug-likeness (QED) is 0.562. The van der Waals surface area contributed by atoms with Crippen molar-refractivity contribution in [2.45, 2.75) is 18.2 Å². The number of halogens is 5. The van der Waals surface area contributed by atoms with Gasteiger partial charge in [-0.25, -0.2) is 0 Å². The maximum absolute atomic E-state index is 12.6. The van der Waals surface area contributed by atoms with Gasteiger partial charge in [-0.2, -0.15) is 0 Å². The third kappa shape index (κ3) is 3.30. The van der Waals surface area contributed by atoms with Crippen LogP contribution in [-0.2, 0) is 6.42 Å². The standard InChI is InChI=1S/C14H13F5S/c1-2-11-3-5-12(6-4-11)13-7-9-14(10-8-13)20(15,16,17,18)19/h3-10H,2H2,1H3. The molecule has 0 amide bonds. The molecule has 20 heavy (non-hydrogen) atoms. The summed E-state index contributed by atoms with van der Waals surface area (Å²) in [4.78, 5) is -1.86. The number of aryl methyl sites for hydroxylation is 1. The van der Waals surface area contributed by atoms with Crippen LogP contribution in [0.15, 0.2) is 53.4 Å². The second-order valence-electron chi connectivity index (χ2n) is 4.54. The van der Waals surface area contributed by atoms with Crippen molar-refractivity contribution in [1.82, 2.24) is 0 Å². The van der Waals surface area contributed by atoms with E-state index in [4.69, 9.17) is 0 Å². The number of rotatable bonds is 3. The summed E-state index contributed by atoms with van der Waals surface area (Å²) in [7, 11) is -9.58. The van der Waals surface area contributed by atoms with Crippen LogP contribution in [0, 0.1) is 0 Å². The zero-order valence-electron chi connectivity index (χ0n) is 10.6. The summed E-state index contributed by atoms with van der Waals surface area (Å²) in [5, 5.41) is 0. The average molecular weight is 308 g/mol. The first-order valence-corrected chi connectivity index (χ1v) is 7.88. The minimum Gasteiger partial charge on any atom is -0.0936 e. The average Bonchev–Trinajstić information content (AvgIpc) is 2.36. The van der Waals surface area contributed by atoms with E-state index in [0.717, 1.165) is 24.1 Å². The molecule has 2 aromatic carbocycles. The van der Waals surface area contributed by atoms with Gasteiger partial charge in [-0.15, -0.1) is 0 Å². The summed E-state index contributed by atoms with van der Waals surface area (Å²) in [5.41, 5.74) is 2.26. The molecule has 0 atom stereocenters. The Morgan fingerprint density at radius 1 is 0.700 bits per heavy atom. The second-order valence-corrected chi connectivity index (χ2v) is 6.95. The fourth-order valence-electron chi connectivity index (χ4n) is 1.84. The molecule has 0 saturated carbocycles. The maximum Gasteiger partial charge on any atom is 0.310 e. The van der Waals surface area contributed by atoms with Crippen molar-refractivity contribution in [1.29, 1.82) is 0 Å². The van der Waals surface area contributed by atoms with Crippen molar-refractivity contribution in [3.05, 3.63) is 54.1 Å². The van der Waals surface area contributed by atoms with Gasteiger partial charge in [-0.05, 0) is 35.2 Å². The lowest BCUT2D eigenvalue weighted by atomic mass is 10.0. The van der Waals surface area contributed by atoms with Crippen LogP contribution in [0.5, 0.6) is 0 Å². The Balaban J connectivity index is 2.38. The molecule has 6 heteroatoms. The lowest BCUT2D eigenvalue weighted by Gasteiger charge is -2.40. The summed E-state index contributed by atoms with van der Waals surface area (Å²) >= 11 is 0. The maximum atomic E-state index is 12.6. The summed E-state index contributed by atoms with van der Waals surface area (Å²) in [6.07, 6.45) is 0.851. The lowest BCUT2D eigenvalue weighted by molar-refractivity contribution is 0.364. The van der Waals surface area contributed by atoms with Crippen LogP contribution < -0.4 is 0 Å². The SMILES string of the molecule is CCc1ccc(-c2ccc(S(F)(F)(F)(F)F)cc2)cc1. The number of hydrogen-bond donors (Lipinski definition) is 0. The molecular formula is C14H13F5S. The molecular weight excluding hydrogens is 295 g/mol. The molecule has 0 unspecified atom stereocenters. The van der Waals surface area contributed by atoms with Crippen LogP contribution in [0.3, 0.4) is 0 Å². The largest absolute Gasteiger partial charge is 0.310 e. The fourth-order valence-corrected chi connectivity index (χ4v) is 2.49. The van der Waals surface area contributed by atoms with Crippen molar-refractivity contribution in [3.63, 3.8) is 0 Å². The van der Waals surface area contributed by atoms with E-state index in [9.17, 15) is 19.4 Å². The van der Waals surface area contributed by atoms with E-state index in [2.05, 4.69) is 0 Å². The summed E-state index contributed by atoms with van der Waals surface area (Å²) < 4.78 is 62.9. The molecule has 110 valence electrons. The molecule has 2 aromatic rings. The van der Waals surface area contributed by atoms with Crippen molar-refractivity contribution < 1.29 is 19.4 Å². The molecule has 0 heterocycles. The molecule has 0 aliphatic carbocycles. The molecule has 0 bridgehead atoms. The Labute approximate surface area is 114 Å². The predicted molar refractivity (Wildman–Crippen MR) is 72.7 cm³/mol. The van der Waals surface area contributed by atoms with Crippen molar-refractivity contribution >= 4 is 10.2 Å². The van der Waals surface area contributed by atoms with E-state index < -0.39 is 15.1 Å². The zero-order valence-corrected chi connectivity index (χ0v) is 11.4. The highest BCUT2D eigenvalue weighted by atomic mass is 32.5. The van der Waals surface area contributed by atoms with E-state index in [0.29, 0.717) is 23.3 Å². The van der Waals surface area contributed by atoms with E-state index in [-0.39, 0.29) is 0 Å². The molecule has 0 aromatic heterocycles. The smallest absolute Gasteiger partial charge is 0.0936 e. The zero-order chi connectivity index (χ0) is 15.1. The van der Waals surface area contributed by atoms with Crippen LogP contribution in [0.4, 0.5) is 19.4 Å². The van der Waals surface area contributed by atoms with Gasteiger partial charge in [0.2, 0.25) is 0 Å². The molecule has 0 aliphatic heterocycles. The van der Waals surface area contributed by atoms with E-state index in [1.807, 2.05) is 19.1 Å². The second kappa shape index (κ2) is 3.97. The third-order valence-corrected chi connectivity index (χ3v) is 4.16. The van der Waals surface area contributed by atoms with Crippen LogP contribution in [0.25, 0.3) is 11.1 Å². The minimum atomic E-state index is -9.58. The van der Waals surface area contributed by atoms with Gasteiger partial charge < -0.3 is 0 Å². The fraction of sp³-hybridized carbons (Fsp3) is 0.143. The van der Waals surface area contributed by atoms with Gasteiger partial charge in [0.25, 0.3) is 0 Å². The van der Waals surface area contributed by atoms with Gasteiger partial charge in [-0.1, -0.05) is 62.8 Å². The highest BCUT2D eigenvalue weighted by molar-refractivity contribution is 8.45. The van der Waals surface area contributed by atoms with Crippen LogP contribution in [0.1, 0.15) is 12.5 Å². The van der Waals surface area contributed by atoms with E-state index in [1.54, 1.807) is 12.1 Å². The van der Waals surface area contributed by atoms with Crippen LogP contribution in [-0.4, -0.2) is 0 Å². The van der Waals surface area contributed by atoms with Gasteiger partial charge >= 0.3 is 10.2 Å². The molecule has 0 spiro atoms. The monoisotopic (exact) mass is 308 g/mol. The minimum absolute atomic E-state index is 0.435. The topological polar surface area (TPSA) is 0 Å². The Morgan fingerprint density at radius 2 is 1.10 bits per heavy atom. The highest BCUT2D eigenvalue weighted by Crippen LogP contribution is 3.02. The number of hydrogen-bond acceptors (Lipinski definition) is 0. The Morgan fingerprint density at radius 3 is 1.45 bits per heavy atom. The normalized spacial score (nSPS) is 15.5. The first kappa shape index (κ1) is 14.8. The first-order chi connectivity index (χ1) is 8.99. The molecule has 0 aliphatic rings. The Bertz CT molecular complexity index is 611. The molecule has 0 fully saturated rings. The van der Waals surface area contributed by atoms with Crippen LogP contribution >= 0.6 is 10.2 Å². The molecule has 0 N–H and O–H groups in total. The first-order valence-electron chi connectivity index (χ1n) is 5.93. The number of benzene rings is 2. The van der Waals surface area contributed by atoms with E-state index >= 15 is 0 Å².